The van der Waals surface area contributed by atoms with Gasteiger partial charge in [-0.15, -0.1) is 0 Å². The molecule has 4 rings (SSSR count). The zero-order chi connectivity index (χ0) is 20.8. The summed E-state index contributed by atoms with van der Waals surface area (Å²) in [5.41, 5.74) is 2.29. The molecule has 0 saturated carbocycles. The van der Waals surface area contributed by atoms with Gasteiger partial charge in [-0.2, -0.15) is 0 Å². The molecule has 0 unspecified atom stereocenters. The Bertz CT molecular complexity index is 932. The minimum atomic E-state index is -0.355. The number of hydrogen-bond donors (Lipinski definition) is 1. The van der Waals surface area contributed by atoms with Crippen LogP contribution in [0.4, 0.5) is 0 Å². The van der Waals surface area contributed by atoms with Gasteiger partial charge in [-0.05, 0) is 24.0 Å². The van der Waals surface area contributed by atoms with Gasteiger partial charge in [0.2, 0.25) is 5.91 Å². The molecule has 1 fully saturated rings. The van der Waals surface area contributed by atoms with E-state index in [9.17, 15) is 9.59 Å². The van der Waals surface area contributed by atoms with Gasteiger partial charge in [0.1, 0.15) is 5.69 Å². The van der Waals surface area contributed by atoms with E-state index in [0.29, 0.717) is 31.6 Å². The minimum Gasteiger partial charge on any atom is -0.352 e. The van der Waals surface area contributed by atoms with E-state index in [4.69, 9.17) is 0 Å². The second-order valence-electron chi connectivity index (χ2n) is 7.42. The van der Waals surface area contributed by atoms with Crippen molar-refractivity contribution < 1.29 is 9.59 Å². The van der Waals surface area contributed by atoms with E-state index in [-0.39, 0.29) is 23.8 Å². The highest BCUT2D eigenvalue weighted by atomic mass is 16.2. The Hall–Kier alpha value is -3.54. The summed E-state index contributed by atoms with van der Waals surface area (Å²) in [5.74, 6) is -0.475. The molecule has 1 aliphatic heterocycles. The average Bonchev–Trinajstić information content (AvgIpc) is 2.81. The van der Waals surface area contributed by atoms with Crippen LogP contribution in [0.25, 0.3) is 0 Å². The lowest BCUT2D eigenvalue weighted by Crippen LogP contribution is -2.47. The Labute approximate surface area is 176 Å². The van der Waals surface area contributed by atoms with E-state index >= 15 is 0 Å². The third-order valence-corrected chi connectivity index (χ3v) is 5.44. The van der Waals surface area contributed by atoms with Crippen LogP contribution in [0.3, 0.4) is 0 Å². The lowest BCUT2D eigenvalue weighted by molar-refractivity contribution is -0.122. The number of aromatic nitrogens is 2. The van der Waals surface area contributed by atoms with E-state index < -0.39 is 0 Å². The lowest BCUT2D eigenvalue weighted by Gasteiger charge is -2.33. The molecule has 1 saturated heterocycles. The predicted octanol–water partition coefficient (Wildman–Crippen LogP) is 3.03. The Balaban J connectivity index is 1.41. The van der Waals surface area contributed by atoms with Gasteiger partial charge >= 0.3 is 0 Å². The molecule has 2 aromatic carbocycles. The SMILES string of the molecule is O=C(NC1CCN(C(=O)c2cnccn2)CC1)C(c1ccccc1)c1ccccc1. The number of amides is 2. The monoisotopic (exact) mass is 400 g/mol. The Kier molecular flexibility index (Phi) is 6.13. The molecule has 1 aliphatic rings. The number of nitrogens with zero attached hydrogens (tertiary/aromatic N) is 3. The zero-order valence-electron chi connectivity index (χ0n) is 16.6. The molecule has 0 radical (unpaired) electrons. The third kappa shape index (κ3) is 4.54. The number of hydrogen-bond acceptors (Lipinski definition) is 4. The fourth-order valence-corrected chi connectivity index (χ4v) is 3.87. The minimum absolute atomic E-state index is 0.00824. The average molecular weight is 400 g/mol. The van der Waals surface area contributed by atoms with Gasteiger partial charge in [0.05, 0.1) is 12.1 Å². The number of nitrogens with one attached hydrogen (secondary N) is 1. The quantitative estimate of drug-likeness (QED) is 0.714. The molecule has 0 aliphatic carbocycles. The Morgan fingerprint density at radius 3 is 2.03 bits per heavy atom. The van der Waals surface area contributed by atoms with Gasteiger partial charge in [0.25, 0.3) is 5.91 Å². The van der Waals surface area contributed by atoms with E-state index in [1.54, 1.807) is 11.1 Å². The second kappa shape index (κ2) is 9.31. The fourth-order valence-electron chi connectivity index (χ4n) is 3.87. The van der Waals surface area contributed by atoms with Crippen LogP contribution >= 0.6 is 0 Å². The first-order valence-electron chi connectivity index (χ1n) is 10.2. The summed E-state index contributed by atoms with van der Waals surface area (Å²) in [6, 6.07) is 19.7. The highest BCUT2D eigenvalue weighted by Gasteiger charge is 2.28. The van der Waals surface area contributed by atoms with Gasteiger partial charge in [-0.3, -0.25) is 14.6 Å². The predicted molar refractivity (Wildman–Crippen MR) is 114 cm³/mol. The molecule has 6 nitrogen and oxygen atoms in total. The topological polar surface area (TPSA) is 75.2 Å². The van der Waals surface area contributed by atoms with Crippen LogP contribution in [0.1, 0.15) is 40.4 Å². The van der Waals surface area contributed by atoms with Crippen molar-refractivity contribution in [3.8, 4) is 0 Å². The van der Waals surface area contributed by atoms with Gasteiger partial charge in [0.15, 0.2) is 0 Å². The molecule has 2 heterocycles. The molecule has 2 amide bonds. The van der Waals surface area contributed by atoms with Crippen molar-refractivity contribution in [2.75, 3.05) is 13.1 Å². The first-order valence-corrected chi connectivity index (χ1v) is 10.2. The van der Waals surface area contributed by atoms with Crippen molar-refractivity contribution in [3.05, 3.63) is 96.1 Å². The van der Waals surface area contributed by atoms with Crippen molar-refractivity contribution in [1.29, 1.82) is 0 Å². The standard InChI is InChI=1S/C24H24N4O2/c29-23(22(18-7-3-1-4-8-18)19-9-5-2-6-10-19)27-20-11-15-28(16-12-20)24(30)21-17-25-13-14-26-21/h1-10,13-14,17,20,22H,11-12,15-16H2,(H,27,29). The second-order valence-corrected chi connectivity index (χ2v) is 7.42. The molecular formula is C24H24N4O2. The summed E-state index contributed by atoms with van der Waals surface area (Å²) < 4.78 is 0. The molecule has 0 bridgehead atoms. The van der Waals surface area contributed by atoms with Crippen LogP contribution < -0.4 is 5.32 Å². The van der Waals surface area contributed by atoms with Gasteiger partial charge < -0.3 is 10.2 Å². The summed E-state index contributed by atoms with van der Waals surface area (Å²) in [5, 5.41) is 3.21. The molecular weight excluding hydrogens is 376 g/mol. The van der Waals surface area contributed by atoms with Crippen molar-refractivity contribution in [2.45, 2.75) is 24.8 Å². The van der Waals surface area contributed by atoms with Crippen LogP contribution in [0.5, 0.6) is 0 Å². The van der Waals surface area contributed by atoms with E-state index in [2.05, 4.69) is 15.3 Å². The third-order valence-electron chi connectivity index (χ3n) is 5.44. The normalized spacial score (nSPS) is 14.5. The molecule has 6 heteroatoms. The largest absolute Gasteiger partial charge is 0.352 e. The van der Waals surface area contributed by atoms with Gasteiger partial charge in [-0.25, -0.2) is 4.98 Å². The van der Waals surface area contributed by atoms with Crippen LogP contribution in [-0.2, 0) is 4.79 Å². The van der Waals surface area contributed by atoms with Crippen molar-refractivity contribution >= 4 is 11.8 Å². The van der Waals surface area contributed by atoms with Gasteiger partial charge in [-0.1, -0.05) is 60.7 Å². The fraction of sp³-hybridized carbons (Fsp3) is 0.250. The number of rotatable bonds is 5. The first-order chi connectivity index (χ1) is 14.7. The maximum atomic E-state index is 13.2. The number of carbonyl (C=O) groups is 2. The smallest absolute Gasteiger partial charge is 0.274 e. The molecule has 152 valence electrons. The van der Waals surface area contributed by atoms with Crippen LogP contribution in [0, 0.1) is 0 Å². The van der Waals surface area contributed by atoms with Crippen LogP contribution in [-0.4, -0.2) is 45.8 Å². The molecule has 3 aromatic rings. The molecule has 30 heavy (non-hydrogen) atoms. The summed E-state index contributed by atoms with van der Waals surface area (Å²) in [7, 11) is 0. The van der Waals surface area contributed by atoms with E-state index in [1.807, 2.05) is 60.7 Å². The molecule has 0 spiro atoms. The maximum absolute atomic E-state index is 13.2. The Morgan fingerprint density at radius 1 is 0.900 bits per heavy atom. The van der Waals surface area contributed by atoms with Crippen molar-refractivity contribution in [1.82, 2.24) is 20.2 Å². The van der Waals surface area contributed by atoms with E-state index in [1.165, 1.54) is 12.4 Å². The molecule has 1 N–H and O–H groups in total. The Morgan fingerprint density at radius 2 is 1.50 bits per heavy atom. The number of likely N-dealkylation sites (tertiary alicyclic amines) is 1. The molecule has 1 aromatic heterocycles. The van der Waals surface area contributed by atoms with Crippen molar-refractivity contribution in [2.24, 2.45) is 0 Å². The van der Waals surface area contributed by atoms with E-state index in [0.717, 1.165) is 11.1 Å². The summed E-state index contributed by atoms with van der Waals surface area (Å²) >= 11 is 0. The highest BCUT2D eigenvalue weighted by Crippen LogP contribution is 2.25. The zero-order valence-corrected chi connectivity index (χ0v) is 16.6. The summed E-state index contributed by atoms with van der Waals surface area (Å²) in [4.78, 5) is 35.6. The van der Waals surface area contributed by atoms with Gasteiger partial charge in [0, 0.05) is 31.5 Å². The summed E-state index contributed by atoms with van der Waals surface area (Å²) in [6.45, 7) is 1.17. The van der Waals surface area contributed by atoms with Crippen molar-refractivity contribution in [3.63, 3.8) is 0 Å². The lowest BCUT2D eigenvalue weighted by atomic mass is 9.90. The van der Waals surface area contributed by atoms with Crippen LogP contribution in [0.15, 0.2) is 79.3 Å². The van der Waals surface area contributed by atoms with Crippen LogP contribution in [0.2, 0.25) is 0 Å². The highest BCUT2D eigenvalue weighted by molar-refractivity contribution is 5.92. The number of carbonyl (C=O) groups excluding carboxylic acids is 2. The number of piperidine rings is 1. The first kappa shape index (κ1) is 19.8. The molecule has 0 atom stereocenters. The number of benzene rings is 2. The maximum Gasteiger partial charge on any atom is 0.274 e. The summed E-state index contributed by atoms with van der Waals surface area (Å²) in [6.07, 6.45) is 5.99.